The maximum absolute atomic E-state index is 15.0. The van der Waals surface area contributed by atoms with Crippen molar-refractivity contribution in [2.24, 2.45) is 0 Å². The molecule has 9 nitrogen and oxygen atoms in total. The Balaban J connectivity index is 0.000000559. The number of carbonyl (C=O) groups is 1. The molecule has 16 heteroatoms. The Hall–Kier alpha value is -2.82. The molecular weight excluding hydrogens is 594 g/mol. The summed E-state index contributed by atoms with van der Waals surface area (Å²) in [6.07, 6.45) is -1.91. The van der Waals surface area contributed by atoms with Gasteiger partial charge in [0.15, 0.2) is 12.0 Å². The van der Waals surface area contributed by atoms with Gasteiger partial charge in [-0.25, -0.2) is 27.5 Å². The van der Waals surface area contributed by atoms with Crippen molar-refractivity contribution in [2.45, 2.75) is 56.9 Å². The molecule has 3 aromatic rings. The first-order valence-corrected chi connectivity index (χ1v) is 15.3. The number of nitrogens with zero attached hydrogens (tertiary/aromatic N) is 4. The Morgan fingerprint density at radius 2 is 2.02 bits per heavy atom. The van der Waals surface area contributed by atoms with Crippen LogP contribution in [0.25, 0.3) is 0 Å². The highest BCUT2D eigenvalue weighted by Crippen LogP contribution is 2.30. The van der Waals surface area contributed by atoms with Crippen molar-refractivity contribution >= 4 is 50.2 Å². The highest BCUT2D eigenvalue weighted by atomic mass is 32.2. The molecule has 3 heterocycles. The molecule has 0 radical (unpaired) electrons. The van der Waals surface area contributed by atoms with Gasteiger partial charge in [-0.1, -0.05) is 25.2 Å². The third-order valence-corrected chi connectivity index (χ3v) is 9.36. The third kappa shape index (κ3) is 8.11. The molecule has 0 amide bonds. The molecular formula is C24H30F4N5O4S3+. The van der Waals surface area contributed by atoms with Crippen LogP contribution in [0.2, 0.25) is 0 Å². The highest BCUT2D eigenvalue weighted by molar-refractivity contribution is 7.92. The highest BCUT2D eigenvalue weighted by Gasteiger charge is 2.38. The first kappa shape index (κ1) is 31.7. The fourth-order valence-electron chi connectivity index (χ4n) is 4.08. The molecule has 0 bridgehead atoms. The number of alkyl halides is 3. The summed E-state index contributed by atoms with van der Waals surface area (Å²) in [5.41, 5.74) is 5.09. The Kier molecular flexibility index (Phi) is 10.1. The third-order valence-electron chi connectivity index (χ3n) is 6.18. The number of carboxylic acids is 1. The fraction of sp³-hybridized carbons (Fsp3) is 0.458. The van der Waals surface area contributed by atoms with Crippen molar-refractivity contribution in [1.82, 2.24) is 9.88 Å². The van der Waals surface area contributed by atoms with Crippen molar-refractivity contribution in [3.8, 4) is 0 Å². The number of nitrogens with one attached hydrogen (secondary N) is 1. The minimum atomic E-state index is -5.08. The number of aryl methyl sites for hydroxylation is 1. The van der Waals surface area contributed by atoms with Crippen molar-refractivity contribution in [1.29, 1.82) is 0 Å². The maximum atomic E-state index is 15.0. The van der Waals surface area contributed by atoms with Crippen LogP contribution in [-0.4, -0.2) is 61.7 Å². The zero-order valence-corrected chi connectivity index (χ0v) is 24.6. The van der Waals surface area contributed by atoms with Crippen molar-refractivity contribution in [3.05, 3.63) is 51.0 Å². The summed E-state index contributed by atoms with van der Waals surface area (Å²) >= 11 is 3.04. The molecule has 40 heavy (non-hydrogen) atoms. The number of halogens is 4. The lowest BCUT2D eigenvalue weighted by Gasteiger charge is -2.28. The van der Waals surface area contributed by atoms with Gasteiger partial charge in [-0.2, -0.15) is 17.7 Å². The van der Waals surface area contributed by atoms with Crippen LogP contribution in [0.4, 0.5) is 29.1 Å². The van der Waals surface area contributed by atoms with Gasteiger partial charge in [0, 0.05) is 37.2 Å². The zero-order chi connectivity index (χ0) is 29.8. The van der Waals surface area contributed by atoms with E-state index in [4.69, 9.17) is 9.90 Å². The van der Waals surface area contributed by atoms with E-state index in [-0.39, 0.29) is 16.8 Å². The van der Waals surface area contributed by atoms with Crippen LogP contribution in [-0.2, 0) is 21.5 Å². The van der Waals surface area contributed by atoms with Crippen LogP contribution in [0.15, 0.2) is 39.6 Å². The molecule has 220 valence electrons. The topological polar surface area (TPSA) is 107 Å². The molecule has 0 unspecified atom stereocenters. The predicted molar refractivity (Wildman–Crippen MR) is 145 cm³/mol. The lowest BCUT2D eigenvalue weighted by Crippen LogP contribution is -2.43. The van der Waals surface area contributed by atoms with Gasteiger partial charge in [0.05, 0.1) is 10.4 Å². The molecule has 0 spiro atoms. The Morgan fingerprint density at radius 1 is 1.35 bits per heavy atom. The zero-order valence-electron chi connectivity index (χ0n) is 22.1. The van der Waals surface area contributed by atoms with E-state index < -0.39 is 28.0 Å². The number of carboxylic acid groups (broad SMARTS) is 1. The maximum Gasteiger partial charge on any atom is 0.490 e. The number of aromatic nitrogens is 2. The van der Waals surface area contributed by atoms with Gasteiger partial charge in [0.1, 0.15) is 10.7 Å². The van der Waals surface area contributed by atoms with Crippen molar-refractivity contribution in [2.75, 3.05) is 29.8 Å². The summed E-state index contributed by atoms with van der Waals surface area (Å²) in [6, 6.07) is 2.95. The van der Waals surface area contributed by atoms with E-state index in [1.807, 2.05) is 14.0 Å². The average molecular weight is 625 g/mol. The molecule has 2 aromatic heterocycles. The Bertz CT molecular complexity index is 1410. The molecule has 0 aliphatic carbocycles. The number of likely N-dealkylation sites (tertiary alicyclic amines) is 1. The summed E-state index contributed by atoms with van der Waals surface area (Å²) in [6.45, 7) is 8.87. The molecule has 2 N–H and O–H groups in total. The van der Waals surface area contributed by atoms with Gasteiger partial charge in [0.25, 0.3) is 10.0 Å². The number of thiazole rings is 2. The summed E-state index contributed by atoms with van der Waals surface area (Å²) in [5, 5.41) is 8.69. The van der Waals surface area contributed by atoms with Crippen LogP contribution in [0, 0.1) is 12.7 Å². The predicted octanol–water partition coefficient (Wildman–Crippen LogP) is 4.67. The first-order chi connectivity index (χ1) is 18.6. The minimum Gasteiger partial charge on any atom is -0.475 e. The summed E-state index contributed by atoms with van der Waals surface area (Å²) in [7, 11) is -2.10. The Labute approximate surface area is 237 Å². The average Bonchev–Trinajstić information content (AvgIpc) is 3.62. The van der Waals surface area contributed by atoms with Gasteiger partial charge < -0.3 is 10.0 Å². The molecule has 1 saturated heterocycles. The van der Waals surface area contributed by atoms with Crippen molar-refractivity contribution in [3.63, 3.8) is 0 Å². The number of sulfonamides is 1. The molecule has 1 aromatic carbocycles. The van der Waals surface area contributed by atoms with Gasteiger partial charge in [-0.05, 0) is 37.0 Å². The van der Waals surface area contributed by atoms with Gasteiger partial charge in [-0.3, -0.25) is 4.72 Å². The van der Waals surface area contributed by atoms with E-state index in [2.05, 4.69) is 49.6 Å². The summed E-state index contributed by atoms with van der Waals surface area (Å²) in [4.78, 5) is 18.3. The Morgan fingerprint density at radius 3 is 2.58 bits per heavy atom. The number of benzene rings is 1. The minimum absolute atomic E-state index is 0.188. The lowest BCUT2D eigenvalue weighted by molar-refractivity contribution is -0.710. The van der Waals surface area contributed by atoms with Crippen LogP contribution >= 0.6 is 22.7 Å². The van der Waals surface area contributed by atoms with Crippen LogP contribution in [0.5, 0.6) is 0 Å². The fourth-order valence-corrected chi connectivity index (χ4v) is 6.64. The van der Waals surface area contributed by atoms with Gasteiger partial charge in [-0.15, -0.1) is 11.3 Å². The second-order valence-electron chi connectivity index (χ2n) is 9.55. The van der Waals surface area contributed by atoms with Crippen LogP contribution < -0.4 is 14.2 Å². The first-order valence-electron chi connectivity index (χ1n) is 12.0. The van der Waals surface area contributed by atoms with E-state index in [1.165, 1.54) is 33.9 Å². The molecule has 1 atom stereocenters. The smallest absolute Gasteiger partial charge is 0.475 e. The number of likely N-dealkylation sites (N-methyl/N-ethyl adjacent to an activating group) is 1. The van der Waals surface area contributed by atoms with Crippen LogP contribution in [0.3, 0.4) is 0 Å². The quantitative estimate of drug-likeness (QED) is 0.277. The van der Waals surface area contributed by atoms with Gasteiger partial charge >= 0.3 is 12.1 Å². The molecule has 1 fully saturated rings. The number of hydrogen-bond donors (Lipinski definition) is 2. The molecule has 1 aliphatic rings. The monoisotopic (exact) mass is 624 g/mol. The number of rotatable bonds is 8. The van der Waals surface area contributed by atoms with E-state index in [9.17, 15) is 26.0 Å². The second kappa shape index (κ2) is 12.8. The normalized spacial score (nSPS) is 16.1. The number of hydrogen-bond acceptors (Lipinski definition) is 8. The van der Waals surface area contributed by atoms with E-state index >= 15 is 0 Å². The number of aliphatic carboxylic acids is 1. The molecule has 1 aliphatic heterocycles. The van der Waals surface area contributed by atoms with Crippen LogP contribution in [0.1, 0.15) is 36.6 Å². The molecule has 4 rings (SSSR count). The van der Waals surface area contributed by atoms with E-state index in [0.717, 1.165) is 26.2 Å². The van der Waals surface area contributed by atoms with Gasteiger partial charge in [0.2, 0.25) is 12.2 Å². The molecule has 0 saturated carbocycles. The van der Waals surface area contributed by atoms with E-state index in [0.29, 0.717) is 17.2 Å². The SMILES string of the molecule is Cc1cc(S(=O)(=O)Nc2cscn2)c(F)cc1N(C)[C@H]1CCN(C[n+]2csc(C(C)C)c2)C1.O=C(O)C(F)(F)F. The lowest BCUT2D eigenvalue weighted by atomic mass is 10.1. The summed E-state index contributed by atoms with van der Waals surface area (Å²) in [5.74, 6) is -2.81. The summed E-state index contributed by atoms with van der Waals surface area (Å²) < 4.78 is 76.6. The van der Waals surface area contributed by atoms with E-state index in [1.54, 1.807) is 16.7 Å². The largest absolute Gasteiger partial charge is 0.490 e. The number of anilines is 2. The standard InChI is InChI=1S/C22H29FN5O2S3.C2HF3O2/c1-15(2)20-10-28(14-32-20)13-27-6-5-17(9-27)26(4)19-8-18(23)21(7-16(19)3)33(29,30)25-22-11-31-12-24-22;3-2(4,5)1(6)7/h7-8,10-12,14-15,17,25H,5-6,9,13H2,1-4H3;(H,6,7)/q+1;/t17-;/m0./s1. The second-order valence-corrected chi connectivity index (χ2v) is 12.8. The van der Waals surface area contributed by atoms with Crippen molar-refractivity contribution < 1.29 is 40.4 Å².